The van der Waals surface area contributed by atoms with E-state index in [0.717, 1.165) is 30.9 Å². The lowest BCUT2D eigenvalue weighted by Gasteiger charge is -2.10. The van der Waals surface area contributed by atoms with E-state index in [1.165, 1.54) is 22.3 Å². The van der Waals surface area contributed by atoms with Gasteiger partial charge in [0.1, 0.15) is 5.75 Å². The van der Waals surface area contributed by atoms with Gasteiger partial charge < -0.3 is 10.5 Å². The molecule has 2 N–H and O–H groups in total. The molecule has 1 heterocycles. The highest BCUT2D eigenvalue weighted by atomic mass is 16.5. The number of nitrogen functional groups attached to an aromatic ring is 1. The van der Waals surface area contributed by atoms with Gasteiger partial charge in [-0.3, -0.25) is 0 Å². The maximum absolute atomic E-state index is 5.96. The predicted molar refractivity (Wildman–Crippen MR) is 74.9 cm³/mol. The van der Waals surface area contributed by atoms with Crippen molar-refractivity contribution in [2.75, 3.05) is 12.3 Å². The first-order valence-electron chi connectivity index (χ1n) is 6.43. The highest BCUT2D eigenvalue weighted by Crippen LogP contribution is 2.37. The van der Waals surface area contributed by atoms with Gasteiger partial charge in [-0.1, -0.05) is 31.2 Å². The van der Waals surface area contributed by atoms with Gasteiger partial charge in [0, 0.05) is 17.7 Å². The van der Waals surface area contributed by atoms with Crippen LogP contribution in [-0.4, -0.2) is 6.61 Å². The fourth-order valence-corrected chi connectivity index (χ4v) is 2.52. The third-order valence-electron chi connectivity index (χ3n) is 3.55. The summed E-state index contributed by atoms with van der Waals surface area (Å²) in [7, 11) is 0. The molecule has 0 fully saturated rings. The van der Waals surface area contributed by atoms with Crippen LogP contribution in [-0.2, 0) is 12.8 Å². The molecule has 1 aliphatic heterocycles. The summed E-state index contributed by atoms with van der Waals surface area (Å²) in [6.45, 7) is 2.92. The first kappa shape index (κ1) is 11.1. The van der Waals surface area contributed by atoms with Crippen LogP contribution in [0.25, 0.3) is 11.1 Å². The minimum Gasteiger partial charge on any atom is -0.492 e. The van der Waals surface area contributed by atoms with Crippen LogP contribution in [0.3, 0.4) is 0 Å². The van der Waals surface area contributed by atoms with Gasteiger partial charge in [0.05, 0.1) is 6.61 Å². The molecule has 0 atom stereocenters. The topological polar surface area (TPSA) is 35.2 Å². The van der Waals surface area contributed by atoms with Crippen molar-refractivity contribution in [2.45, 2.75) is 19.8 Å². The molecule has 0 aliphatic carbocycles. The predicted octanol–water partition coefficient (Wildman–Crippen LogP) is 3.43. The minimum absolute atomic E-state index is 0.794. The summed E-state index contributed by atoms with van der Waals surface area (Å²) in [5.74, 6) is 1.05. The van der Waals surface area contributed by atoms with Gasteiger partial charge in [-0.15, -0.1) is 0 Å². The van der Waals surface area contributed by atoms with Gasteiger partial charge in [-0.25, -0.2) is 0 Å². The van der Waals surface area contributed by atoms with E-state index in [1.54, 1.807) is 0 Å². The van der Waals surface area contributed by atoms with Gasteiger partial charge >= 0.3 is 0 Å². The molecule has 0 saturated carbocycles. The molecule has 18 heavy (non-hydrogen) atoms. The molecule has 0 aromatic heterocycles. The Hall–Kier alpha value is -1.96. The van der Waals surface area contributed by atoms with E-state index in [2.05, 4.69) is 37.3 Å². The van der Waals surface area contributed by atoms with Crippen LogP contribution in [0.5, 0.6) is 5.75 Å². The van der Waals surface area contributed by atoms with E-state index in [1.807, 2.05) is 6.07 Å². The second-order valence-corrected chi connectivity index (χ2v) is 4.66. The molecule has 0 unspecified atom stereocenters. The van der Waals surface area contributed by atoms with Crippen LogP contribution in [0.15, 0.2) is 36.4 Å². The van der Waals surface area contributed by atoms with Crippen molar-refractivity contribution >= 4 is 5.69 Å². The largest absolute Gasteiger partial charge is 0.492 e. The lowest BCUT2D eigenvalue weighted by molar-refractivity contribution is 0.358. The second kappa shape index (κ2) is 4.37. The van der Waals surface area contributed by atoms with Crippen molar-refractivity contribution in [2.24, 2.45) is 0 Å². The van der Waals surface area contributed by atoms with Crippen LogP contribution in [0.4, 0.5) is 5.69 Å². The average molecular weight is 239 g/mol. The molecule has 0 amide bonds. The molecular weight excluding hydrogens is 222 g/mol. The number of hydrogen-bond acceptors (Lipinski definition) is 2. The number of para-hydroxylation sites is 1. The summed E-state index contributed by atoms with van der Waals surface area (Å²) < 4.78 is 5.76. The first-order valence-corrected chi connectivity index (χ1v) is 6.43. The fraction of sp³-hybridized carbons (Fsp3) is 0.250. The van der Waals surface area contributed by atoms with Crippen LogP contribution < -0.4 is 10.5 Å². The number of nitrogens with two attached hydrogens (primary N) is 1. The summed E-state index contributed by atoms with van der Waals surface area (Å²) in [5, 5.41) is 0. The average Bonchev–Trinajstić information content (AvgIpc) is 2.87. The van der Waals surface area contributed by atoms with Gasteiger partial charge in [-0.05, 0) is 35.2 Å². The van der Waals surface area contributed by atoms with Crippen molar-refractivity contribution in [3.05, 3.63) is 47.5 Å². The van der Waals surface area contributed by atoms with E-state index < -0.39 is 0 Å². The van der Waals surface area contributed by atoms with Crippen molar-refractivity contribution in [1.29, 1.82) is 0 Å². The third-order valence-corrected chi connectivity index (χ3v) is 3.55. The molecule has 1 aliphatic rings. The Morgan fingerprint density at radius 2 is 2.11 bits per heavy atom. The zero-order valence-electron chi connectivity index (χ0n) is 10.6. The number of fused-ring (bicyclic) bond motifs is 1. The summed E-state index contributed by atoms with van der Waals surface area (Å²) in [5.41, 5.74) is 11.7. The Labute approximate surface area is 107 Å². The second-order valence-electron chi connectivity index (χ2n) is 4.66. The SMILES string of the molecule is CCc1cc(-c2cccc3c2OCC3)ccc1N. The summed E-state index contributed by atoms with van der Waals surface area (Å²) >= 11 is 0. The normalized spacial score (nSPS) is 13.2. The molecule has 2 nitrogen and oxygen atoms in total. The molecule has 2 aromatic rings. The van der Waals surface area contributed by atoms with Gasteiger partial charge in [0.2, 0.25) is 0 Å². The van der Waals surface area contributed by atoms with Crippen molar-refractivity contribution in [3.63, 3.8) is 0 Å². The van der Waals surface area contributed by atoms with Gasteiger partial charge in [0.15, 0.2) is 0 Å². The number of anilines is 1. The highest BCUT2D eigenvalue weighted by Gasteiger charge is 2.17. The number of aryl methyl sites for hydroxylation is 1. The Kier molecular flexibility index (Phi) is 2.71. The first-order chi connectivity index (χ1) is 8.79. The van der Waals surface area contributed by atoms with Crippen molar-refractivity contribution in [3.8, 4) is 16.9 Å². The number of hydrogen-bond donors (Lipinski definition) is 1. The van der Waals surface area contributed by atoms with Gasteiger partial charge in [-0.2, -0.15) is 0 Å². The lowest BCUT2D eigenvalue weighted by atomic mass is 9.98. The van der Waals surface area contributed by atoms with E-state index in [0.29, 0.717) is 0 Å². The Balaban J connectivity index is 2.13. The lowest BCUT2D eigenvalue weighted by Crippen LogP contribution is -1.94. The number of rotatable bonds is 2. The molecule has 2 aromatic carbocycles. The smallest absolute Gasteiger partial charge is 0.130 e. The molecule has 92 valence electrons. The van der Waals surface area contributed by atoms with Crippen molar-refractivity contribution in [1.82, 2.24) is 0 Å². The third kappa shape index (κ3) is 1.74. The van der Waals surface area contributed by atoms with Crippen LogP contribution in [0, 0.1) is 0 Å². The zero-order valence-corrected chi connectivity index (χ0v) is 10.6. The molecular formula is C16H17NO. The Bertz CT molecular complexity index is 590. The molecule has 0 spiro atoms. The maximum Gasteiger partial charge on any atom is 0.130 e. The van der Waals surface area contributed by atoms with E-state index in [-0.39, 0.29) is 0 Å². The minimum atomic E-state index is 0.794. The van der Waals surface area contributed by atoms with E-state index >= 15 is 0 Å². The molecule has 2 heteroatoms. The van der Waals surface area contributed by atoms with E-state index in [4.69, 9.17) is 10.5 Å². The molecule has 3 rings (SSSR count). The van der Waals surface area contributed by atoms with Crippen LogP contribution >= 0.6 is 0 Å². The van der Waals surface area contributed by atoms with Crippen LogP contribution in [0.1, 0.15) is 18.1 Å². The standard InChI is InChI=1S/C16H17NO/c1-2-11-10-13(6-7-15(11)17)14-5-3-4-12-8-9-18-16(12)14/h3-7,10H,2,8-9,17H2,1H3. The highest BCUT2D eigenvalue weighted by molar-refractivity contribution is 5.75. The van der Waals surface area contributed by atoms with Gasteiger partial charge in [0.25, 0.3) is 0 Å². The monoisotopic (exact) mass is 239 g/mol. The van der Waals surface area contributed by atoms with Crippen LogP contribution in [0.2, 0.25) is 0 Å². The molecule has 0 radical (unpaired) electrons. The zero-order chi connectivity index (χ0) is 12.5. The van der Waals surface area contributed by atoms with Crippen molar-refractivity contribution < 1.29 is 4.74 Å². The number of ether oxygens (including phenoxy) is 1. The Morgan fingerprint density at radius 1 is 1.22 bits per heavy atom. The molecule has 0 bridgehead atoms. The fourth-order valence-electron chi connectivity index (χ4n) is 2.52. The summed E-state index contributed by atoms with van der Waals surface area (Å²) in [4.78, 5) is 0. The maximum atomic E-state index is 5.96. The van der Waals surface area contributed by atoms with E-state index in [9.17, 15) is 0 Å². The quantitative estimate of drug-likeness (QED) is 0.815. The summed E-state index contributed by atoms with van der Waals surface area (Å²) in [6.07, 6.45) is 1.97. The summed E-state index contributed by atoms with van der Waals surface area (Å²) in [6, 6.07) is 12.6. The Morgan fingerprint density at radius 3 is 2.94 bits per heavy atom. The molecule has 0 saturated heterocycles. The number of benzene rings is 2.